The third-order valence-electron chi connectivity index (χ3n) is 7.01. The van der Waals surface area contributed by atoms with E-state index in [-0.39, 0.29) is 24.4 Å². The van der Waals surface area contributed by atoms with Gasteiger partial charge in [0.15, 0.2) is 11.5 Å². The first-order valence-corrected chi connectivity index (χ1v) is 11.8. The van der Waals surface area contributed by atoms with Crippen molar-refractivity contribution in [2.24, 2.45) is 0 Å². The Morgan fingerprint density at radius 3 is 2.74 bits per heavy atom. The van der Waals surface area contributed by atoms with Crippen LogP contribution in [0, 0.1) is 0 Å². The molecule has 0 saturated carbocycles. The zero-order valence-corrected chi connectivity index (χ0v) is 20.2. The number of benzene rings is 2. The van der Waals surface area contributed by atoms with Crippen LogP contribution in [0.2, 0.25) is 0 Å². The van der Waals surface area contributed by atoms with E-state index in [0.717, 1.165) is 33.4 Å². The van der Waals surface area contributed by atoms with Crippen LogP contribution in [0.4, 0.5) is 5.69 Å². The van der Waals surface area contributed by atoms with E-state index in [1.54, 1.807) is 7.11 Å². The Morgan fingerprint density at radius 2 is 2.00 bits per heavy atom. The lowest BCUT2D eigenvalue weighted by Crippen LogP contribution is -2.33. The van der Waals surface area contributed by atoms with Gasteiger partial charge in [-0.1, -0.05) is 6.07 Å². The van der Waals surface area contributed by atoms with E-state index < -0.39 is 5.92 Å². The number of hydrogen-bond acceptors (Lipinski definition) is 6. The summed E-state index contributed by atoms with van der Waals surface area (Å²) in [7, 11) is 1.59. The van der Waals surface area contributed by atoms with Gasteiger partial charge in [-0.05, 0) is 49.2 Å². The Morgan fingerprint density at radius 1 is 1.20 bits per heavy atom. The average molecular weight is 474 g/mol. The molecule has 1 N–H and O–H groups in total. The zero-order valence-electron chi connectivity index (χ0n) is 20.2. The van der Waals surface area contributed by atoms with E-state index in [1.807, 2.05) is 24.3 Å². The number of rotatable bonds is 3. The second kappa shape index (κ2) is 7.80. The molecule has 3 aliphatic rings. The fraction of sp³-hybridized carbons (Fsp3) is 0.333. The number of carbonyl (C=O) groups is 2. The van der Waals surface area contributed by atoms with Gasteiger partial charge < -0.3 is 24.1 Å². The standard InChI is InChI=1S/C27H27N3O5/c1-14(2)29-12-17-23(16-10-21(33-4)26-22(11-16)34-8-9-35-26)25-19(13-30(15(3)31)27(25)32)28-18-6-5-7-20(29)24(17)18/h5-7,10-12,14,23,28H,8-9,13H2,1-4H3/t23-/m0/s1. The molecular weight excluding hydrogens is 446 g/mol. The van der Waals surface area contributed by atoms with Crippen molar-refractivity contribution >= 4 is 28.4 Å². The third kappa shape index (κ3) is 3.12. The fourth-order valence-corrected chi connectivity index (χ4v) is 5.47. The van der Waals surface area contributed by atoms with Crippen molar-refractivity contribution in [1.82, 2.24) is 9.47 Å². The van der Waals surface area contributed by atoms with Gasteiger partial charge in [-0.15, -0.1) is 0 Å². The van der Waals surface area contributed by atoms with Crippen LogP contribution >= 0.6 is 0 Å². The molecule has 0 bridgehead atoms. The van der Waals surface area contributed by atoms with Crippen LogP contribution in [-0.4, -0.2) is 48.1 Å². The summed E-state index contributed by atoms with van der Waals surface area (Å²) in [6, 6.07) is 10.2. The van der Waals surface area contributed by atoms with Gasteiger partial charge in [-0.3, -0.25) is 14.5 Å². The molecule has 0 spiro atoms. The number of nitrogens with one attached hydrogen (secondary N) is 1. The Balaban J connectivity index is 1.65. The normalized spacial score (nSPS) is 18.6. The van der Waals surface area contributed by atoms with Gasteiger partial charge in [-0.25, -0.2) is 0 Å². The van der Waals surface area contributed by atoms with E-state index in [2.05, 4.69) is 36.0 Å². The molecule has 1 atom stereocenters. The molecule has 1 aromatic heterocycles. The number of fused-ring (bicyclic) bond motifs is 1. The van der Waals surface area contributed by atoms with Gasteiger partial charge >= 0.3 is 0 Å². The monoisotopic (exact) mass is 473 g/mol. The molecule has 35 heavy (non-hydrogen) atoms. The third-order valence-corrected chi connectivity index (χ3v) is 7.01. The van der Waals surface area contributed by atoms with Crippen LogP contribution in [-0.2, 0) is 9.59 Å². The van der Waals surface area contributed by atoms with Crippen molar-refractivity contribution in [2.75, 3.05) is 32.2 Å². The number of imide groups is 1. The van der Waals surface area contributed by atoms with Crippen LogP contribution in [0.3, 0.4) is 0 Å². The SMILES string of the molecule is COc1cc([C@@H]2C3=C(CN(C(C)=O)C3=O)Nc3cccc4c3c2cn4C(C)C)cc2c1OCCO2. The van der Waals surface area contributed by atoms with Crippen molar-refractivity contribution in [3.8, 4) is 17.2 Å². The van der Waals surface area contributed by atoms with E-state index in [0.29, 0.717) is 36.0 Å². The smallest absolute Gasteiger partial charge is 0.259 e. The Kier molecular flexibility index (Phi) is 4.81. The van der Waals surface area contributed by atoms with Gasteiger partial charge in [0.25, 0.3) is 5.91 Å². The number of amides is 2. The van der Waals surface area contributed by atoms with Crippen LogP contribution in [0.5, 0.6) is 17.2 Å². The molecule has 0 unspecified atom stereocenters. The quantitative estimate of drug-likeness (QED) is 0.614. The molecule has 2 amide bonds. The first-order chi connectivity index (χ1) is 16.9. The number of ether oxygens (including phenoxy) is 3. The molecule has 8 nitrogen and oxygen atoms in total. The lowest BCUT2D eigenvalue weighted by molar-refractivity contribution is -0.139. The van der Waals surface area contributed by atoms with Crippen molar-refractivity contribution in [3.05, 3.63) is 58.9 Å². The van der Waals surface area contributed by atoms with Crippen LogP contribution in [0.1, 0.15) is 43.9 Å². The minimum atomic E-state index is -0.426. The molecule has 3 aromatic rings. The summed E-state index contributed by atoms with van der Waals surface area (Å²) in [6.07, 6.45) is 2.13. The van der Waals surface area contributed by atoms with Crippen molar-refractivity contribution in [2.45, 2.75) is 32.7 Å². The highest BCUT2D eigenvalue weighted by Gasteiger charge is 2.42. The number of hydrogen-bond donors (Lipinski definition) is 1. The summed E-state index contributed by atoms with van der Waals surface area (Å²) < 4.78 is 19.6. The number of aromatic nitrogens is 1. The number of carbonyl (C=O) groups excluding carboxylic acids is 2. The van der Waals surface area contributed by atoms with Gasteiger partial charge in [0.2, 0.25) is 11.7 Å². The maximum Gasteiger partial charge on any atom is 0.259 e. The van der Waals surface area contributed by atoms with Gasteiger partial charge in [0.05, 0.1) is 24.7 Å². The Hall–Kier alpha value is -3.94. The summed E-state index contributed by atoms with van der Waals surface area (Å²) in [4.78, 5) is 27.3. The first-order valence-electron chi connectivity index (χ1n) is 11.8. The zero-order chi connectivity index (χ0) is 24.4. The summed E-state index contributed by atoms with van der Waals surface area (Å²) in [5.41, 5.74) is 5.17. The molecular formula is C27H27N3O5. The molecule has 2 aromatic carbocycles. The van der Waals surface area contributed by atoms with Gasteiger partial charge in [-0.2, -0.15) is 0 Å². The topological polar surface area (TPSA) is 82.0 Å². The molecule has 8 heteroatoms. The molecule has 0 radical (unpaired) electrons. The first kappa shape index (κ1) is 21.6. The predicted molar refractivity (Wildman–Crippen MR) is 131 cm³/mol. The predicted octanol–water partition coefficient (Wildman–Crippen LogP) is 4.20. The fourth-order valence-electron chi connectivity index (χ4n) is 5.47. The van der Waals surface area contributed by atoms with E-state index >= 15 is 0 Å². The maximum atomic E-state index is 13.7. The molecule has 180 valence electrons. The van der Waals surface area contributed by atoms with Crippen molar-refractivity contribution in [3.63, 3.8) is 0 Å². The largest absolute Gasteiger partial charge is 0.493 e. The Labute approximate surface area is 203 Å². The van der Waals surface area contributed by atoms with E-state index in [4.69, 9.17) is 14.2 Å². The number of nitrogens with zero attached hydrogens (tertiary/aromatic N) is 2. The lowest BCUT2D eigenvalue weighted by atomic mass is 9.84. The second-order valence-corrected chi connectivity index (χ2v) is 9.39. The molecule has 6 rings (SSSR count). The van der Waals surface area contributed by atoms with Gasteiger partial charge in [0.1, 0.15) is 13.2 Å². The average Bonchev–Trinajstić information content (AvgIpc) is 3.34. The van der Waals surface area contributed by atoms with E-state index in [9.17, 15) is 9.59 Å². The molecule has 4 heterocycles. The number of anilines is 1. The molecule has 0 fully saturated rings. The van der Waals surface area contributed by atoms with Crippen LogP contribution in [0.25, 0.3) is 10.9 Å². The number of methoxy groups -OCH3 is 1. The summed E-state index contributed by atoms with van der Waals surface area (Å²) in [5, 5.41) is 4.57. The second-order valence-electron chi connectivity index (χ2n) is 9.39. The van der Waals surface area contributed by atoms with E-state index in [1.165, 1.54) is 11.8 Å². The van der Waals surface area contributed by atoms with Crippen molar-refractivity contribution < 1.29 is 23.8 Å². The summed E-state index contributed by atoms with van der Waals surface area (Å²) >= 11 is 0. The molecule has 0 aliphatic carbocycles. The minimum absolute atomic E-state index is 0.215. The summed E-state index contributed by atoms with van der Waals surface area (Å²) in [6.45, 7) is 6.80. The molecule has 0 saturated heterocycles. The highest BCUT2D eigenvalue weighted by atomic mass is 16.6. The Bertz CT molecular complexity index is 1420. The van der Waals surface area contributed by atoms with Crippen LogP contribution in [0.15, 0.2) is 47.8 Å². The minimum Gasteiger partial charge on any atom is -0.493 e. The highest BCUT2D eigenvalue weighted by Crippen LogP contribution is 2.50. The highest BCUT2D eigenvalue weighted by molar-refractivity contribution is 6.11. The molecule has 3 aliphatic heterocycles. The van der Waals surface area contributed by atoms with Crippen LogP contribution < -0.4 is 19.5 Å². The lowest BCUT2D eigenvalue weighted by Gasteiger charge is -2.25. The van der Waals surface area contributed by atoms with Gasteiger partial charge in [0, 0.05) is 41.9 Å². The summed E-state index contributed by atoms with van der Waals surface area (Å²) in [5.74, 6) is 0.727. The van der Waals surface area contributed by atoms with Crippen molar-refractivity contribution in [1.29, 1.82) is 0 Å². The maximum absolute atomic E-state index is 13.7.